The van der Waals surface area contributed by atoms with Gasteiger partial charge in [-0.25, -0.2) is 0 Å². The predicted molar refractivity (Wildman–Crippen MR) is 26.4 cm³/mol. The summed E-state index contributed by atoms with van der Waals surface area (Å²) in [6, 6.07) is 0. The van der Waals surface area contributed by atoms with Crippen molar-refractivity contribution in [1.29, 1.82) is 0 Å². The zero-order valence-electron chi connectivity index (χ0n) is 3.89. The number of ether oxygens (including phenoxy) is 2. The molecule has 1 atom stereocenters. The molecule has 0 bridgehead atoms. The van der Waals surface area contributed by atoms with Crippen molar-refractivity contribution in [2.24, 2.45) is 0 Å². The average molecular weight is 123 g/mol. The number of alkyl halides is 1. The van der Waals surface area contributed by atoms with E-state index in [0.717, 1.165) is 6.61 Å². The second kappa shape index (κ2) is 2.50. The number of epoxide rings is 1. The van der Waals surface area contributed by atoms with Gasteiger partial charge in [-0.1, -0.05) is 0 Å². The lowest BCUT2D eigenvalue weighted by Crippen LogP contribution is -1.97. The topological polar surface area (TPSA) is 21.8 Å². The summed E-state index contributed by atoms with van der Waals surface area (Å²) in [6.45, 7) is 1.35. The van der Waals surface area contributed by atoms with Crippen LogP contribution in [0.15, 0.2) is 0 Å². The van der Waals surface area contributed by atoms with Crippen molar-refractivity contribution in [3.63, 3.8) is 0 Å². The zero-order chi connectivity index (χ0) is 5.11. The minimum atomic E-state index is 0.0683. The molecule has 1 saturated heterocycles. The first-order valence-corrected chi connectivity index (χ1v) is 2.76. The number of hydrogen-bond acceptors (Lipinski definition) is 2. The highest BCUT2D eigenvalue weighted by atomic mass is 35.5. The number of halogens is 1. The van der Waals surface area contributed by atoms with Gasteiger partial charge in [-0.15, -0.1) is 11.6 Å². The van der Waals surface area contributed by atoms with Gasteiger partial charge in [-0.2, -0.15) is 0 Å². The van der Waals surface area contributed by atoms with Crippen molar-refractivity contribution in [1.82, 2.24) is 0 Å². The van der Waals surface area contributed by atoms with Gasteiger partial charge in [0.15, 0.2) is 6.29 Å². The Balaban J connectivity index is 1.80. The summed E-state index contributed by atoms with van der Waals surface area (Å²) >= 11 is 5.29. The maximum Gasteiger partial charge on any atom is 0.181 e. The Hall–Kier alpha value is 0.210. The quantitative estimate of drug-likeness (QED) is 0.404. The maximum atomic E-state index is 5.29. The second-order valence-corrected chi connectivity index (χ2v) is 1.70. The Bertz CT molecular complexity index is 53.7. The van der Waals surface area contributed by atoms with Gasteiger partial charge in [-0.05, 0) is 0 Å². The molecule has 0 aromatic rings. The molecule has 0 spiro atoms. The van der Waals surface area contributed by atoms with Crippen LogP contribution < -0.4 is 0 Å². The lowest BCUT2D eigenvalue weighted by atomic mass is 10.8. The molecule has 3 heteroatoms. The van der Waals surface area contributed by atoms with E-state index < -0.39 is 0 Å². The van der Waals surface area contributed by atoms with Crippen molar-refractivity contribution in [3.05, 3.63) is 0 Å². The van der Waals surface area contributed by atoms with Crippen LogP contribution >= 0.6 is 11.6 Å². The molecule has 1 rings (SSSR count). The summed E-state index contributed by atoms with van der Waals surface area (Å²) < 4.78 is 9.68. The normalized spacial score (nSPS) is 27.9. The molecule has 0 saturated carbocycles. The maximum absolute atomic E-state index is 5.29. The minimum Gasteiger partial charge on any atom is -0.349 e. The van der Waals surface area contributed by atoms with Crippen molar-refractivity contribution in [3.8, 4) is 0 Å². The van der Waals surface area contributed by atoms with E-state index in [1.807, 2.05) is 0 Å². The highest BCUT2D eigenvalue weighted by Crippen LogP contribution is 2.09. The number of rotatable bonds is 3. The first-order chi connectivity index (χ1) is 3.43. The van der Waals surface area contributed by atoms with E-state index in [2.05, 4.69) is 0 Å². The van der Waals surface area contributed by atoms with E-state index in [9.17, 15) is 0 Å². The molecule has 0 N–H and O–H groups in total. The molecule has 1 aliphatic heterocycles. The van der Waals surface area contributed by atoms with E-state index in [1.54, 1.807) is 0 Å². The van der Waals surface area contributed by atoms with Crippen molar-refractivity contribution in [2.75, 3.05) is 19.1 Å². The summed E-state index contributed by atoms with van der Waals surface area (Å²) in [5.41, 5.74) is 0. The molecule has 1 aliphatic rings. The Morgan fingerprint density at radius 3 is 3.00 bits per heavy atom. The molecule has 0 aromatic carbocycles. The van der Waals surface area contributed by atoms with Crippen LogP contribution in [0.5, 0.6) is 0 Å². The lowest BCUT2D eigenvalue weighted by molar-refractivity contribution is 0.0605. The molecule has 1 heterocycles. The van der Waals surface area contributed by atoms with E-state index in [0.29, 0.717) is 12.5 Å². The van der Waals surface area contributed by atoms with Crippen molar-refractivity contribution >= 4 is 11.6 Å². The van der Waals surface area contributed by atoms with Crippen LogP contribution in [-0.4, -0.2) is 25.4 Å². The zero-order valence-corrected chi connectivity index (χ0v) is 4.65. The van der Waals surface area contributed by atoms with E-state index in [-0.39, 0.29) is 6.29 Å². The van der Waals surface area contributed by atoms with Crippen molar-refractivity contribution in [2.45, 2.75) is 6.29 Å². The third-order valence-corrected chi connectivity index (χ3v) is 0.838. The monoisotopic (exact) mass is 122 g/mol. The van der Waals surface area contributed by atoms with Crippen molar-refractivity contribution < 1.29 is 9.47 Å². The smallest absolute Gasteiger partial charge is 0.181 e. The predicted octanol–water partition coefficient (Wildman–Crippen LogP) is 0.598. The third-order valence-electron chi connectivity index (χ3n) is 0.684. The first-order valence-electron chi connectivity index (χ1n) is 2.22. The molecule has 42 valence electrons. The Labute approximate surface area is 47.4 Å². The van der Waals surface area contributed by atoms with E-state index in [1.165, 1.54) is 0 Å². The van der Waals surface area contributed by atoms with Gasteiger partial charge in [-0.3, -0.25) is 0 Å². The van der Waals surface area contributed by atoms with Gasteiger partial charge < -0.3 is 9.47 Å². The highest BCUT2D eigenvalue weighted by molar-refractivity contribution is 6.17. The van der Waals surface area contributed by atoms with Gasteiger partial charge in [0.2, 0.25) is 0 Å². The molecule has 0 amide bonds. The fourth-order valence-corrected chi connectivity index (χ4v) is 0.401. The summed E-state index contributed by atoms with van der Waals surface area (Å²) in [4.78, 5) is 0. The van der Waals surface area contributed by atoms with Crippen LogP contribution in [0.3, 0.4) is 0 Å². The fraction of sp³-hybridized carbons (Fsp3) is 1.00. The summed E-state index contributed by atoms with van der Waals surface area (Å²) in [5, 5.41) is 0. The standard InChI is InChI=1S/C4H7ClO2/c5-1-2-6-4-3-7-4/h4H,1-3H2/t4-/m0/s1. The molecule has 1 fully saturated rings. The Kier molecular flexibility index (Phi) is 1.91. The molecule has 2 nitrogen and oxygen atoms in total. The minimum absolute atomic E-state index is 0.0683. The fourth-order valence-electron chi connectivity index (χ4n) is 0.311. The largest absolute Gasteiger partial charge is 0.349 e. The van der Waals surface area contributed by atoms with Crippen LogP contribution in [0, 0.1) is 0 Å². The van der Waals surface area contributed by atoms with Crippen LogP contribution in [0.1, 0.15) is 0 Å². The average Bonchev–Trinajstić information content (AvgIpc) is 2.42. The number of hydrogen-bond donors (Lipinski definition) is 0. The lowest BCUT2D eigenvalue weighted by Gasteiger charge is -1.90. The van der Waals surface area contributed by atoms with Gasteiger partial charge in [0.1, 0.15) is 6.61 Å². The van der Waals surface area contributed by atoms with Crippen LogP contribution in [0.2, 0.25) is 0 Å². The third kappa shape index (κ3) is 2.12. The summed E-state index contributed by atoms with van der Waals surface area (Å²) in [6.07, 6.45) is 0.0683. The van der Waals surface area contributed by atoms with E-state index >= 15 is 0 Å². The Morgan fingerprint density at radius 1 is 1.86 bits per heavy atom. The van der Waals surface area contributed by atoms with Crippen LogP contribution in [-0.2, 0) is 9.47 Å². The Morgan fingerprint density at radius 2 is 2.57 bits per heavy atom. The second-order valence-electron chi connectivity index (χ2n) is 1.32. The molecular formula is C4H7ClO2. The van der Waals surface area contributed by atoms with Gasteiger partial charge in [0.25, 0.3) is 0 Å². The van der Waals surface area contributed by atoms with Gasteiger partial charge in [0.05, 0.1) is 6.61 Å². The first kappa shape index (κ1) is 5.35. The highest BCUT2D eigenvalue weighted by Gasteiger charge is 2.22. The molecule has 0 aromatic heterocycles. The van der Waals surface area contributed by atoms with Gasteiger partial charge in [0, 0.05) is 5.88 Å². The molecule has 0 unspecified atom stereocenters. The summed E-state index contributed by atoms with van der Waals surface area (Å²) in [5.74, 6) is 0.555. The molecule has 7 heavy (non-hydrogen) atoms. The van der Waals surface area contributed by atoms with Crippen LogP contribution in [0.25, 0.3) is 0 Å². The SMILES string of the molecule is ClCCO[C@@H]1CO1. The molecule has 0 radical (unpaired) electrons. The van der Waals surface area contributed by atoms with E-state index in [4.69, 9.17) is 21.1 Å². The summed E-state index contributed by atoms with van der Waals surface area (Å²) in [7, 11) is 0. The van der Waals surface area contributed by atoms with Gasteiger partial charge >= 0.3 is 0 Å². The molecule has 0 aliphatic carbocycles. The molecular weight excluding hydrogens is 115 g/mol. The van der Waals surface area contributed by atoms with Crippen LogP contribution in [0.4, 0.5) is 0 Å².